The average Bonchev–Trinajstić information content (AvgIpc) is 3.01. The Morgan fingerprint density at radius 3 is 2.52 bits per heavy atom. The number of carboxylic acid groups (broad SMARTS) is 1. The first kappa shape index (κ1) is 22.7. The van der Waals surface area contributed by atoms with Crippen molar-refractivity contribution >= 4 is 27.6 Å². The first-order valence-electron chi connectivity index (χ1n) is 9.19. The summed E-state index contributed by atoms with van der Waals surface area (Å²) in [7, 11) is -3.91. The van der Waals surface area contributed by atoms with Crippen LogP contribution in [0, 0.1) is 11.8 Å². The van der Waals surface area contributed by atoms with Crippen molar-refractivity contribution in [2.24, 2.45) is 0 Å². The van der Waals surface area contributed by atoms with Gasteiger partial charge in [0.1, 0.15) is 6.10 Å². The minimum absolute atomic E-state index is 0.0589. The predicted molar refractivity (Wildman–Crippen MR) is 107 cm³/mol. The molecule has 158 valence electrons. The van der Waals surface area contributed by atoms with E-state index < -0.39 is 32.8 Å². The zero-order valence-corrected chi connectivity index (χ0v) is 17.2. The molecule has 0 bridgehead atoms. The second-order valence-electron chi connectivity index (χ2n) is 7.16. The summed E-state index contributed by atoms with van der Waals surface area (Å²) in [6, 6.07) is 6.92. The number of aliphatic hydroxyl groups excluding tert-OH is 1. The number of ether oxygens (including phenoxy) is 1. The molecule has 1 unspecified atom stereocenters. The normalized spacial score (nSPS) is 18.5. The van der Waals surface area contributed by atoms with E-state index in [1.807, 2.05) is 0 Å². The number of aliphatic hydroxyl groups is 1. The standard InChI is InChI=1S/C20H25NO7S/c1-20(18(23)24,29(2,26)27)13-17-14-21(19(25)28-17)16-10-8-15(9-11-16)7-5-3-4-6-12-22/h8-11,17,22H,3-4,6,12-14H2,1-2H3,(H,23,24)/t17-,20?/m0/s1. The molecule has 1 fully saturated rings. The van der Waals surface area contributed by atoms with Crippen molar-refractivity contribution in [3.8, 4) is 11.8 Å². The SMILES string of the molecule is CC(C[C@H]1CN(c2ccc(C#CCCCCO)cc2)C(=O)O1)(C(=O)O)S(C)(=O)=O. The third kappa shape index (κ3) is 5.49. The van der Waals surface area contributed by atoms with E-state index in [1.54, 1.807) is 24.3 Å². The Morgan fingerprint density at radius 1 is 1.31 bits per heavy atom. The van der Waals surface area contributed by atoms with E-state index in [4.69, 9.17) is 9.84 Å². The number of nitrogens with zero attached hydrogens (tertiary/aromatic N) is 1. The summed E-state index contributed by atoms with van der Waals surface area (Å²) in [5, 5.41) is 18.1. The lowest BCUT2D eigenvalue weighted by Crippen LogP contribution is -2.46. The molecule has 1 heterocycles. The highest BCUT2D eigenvalue weighted by Gasteiger charge is 2.48. The second-order valence-corrected chi connectivity index (χ2v) is 9.60. The highest BCUT2D eigenvalue weighted by atomic mass is 32.2. The number of hydrogen-bond acceptors (Lipinski definition) is 6. The van der Waals surface area contributed by atoms with Gasteiger partial charge in [-0.15, -0.1) is 0 Å². The molecule has 0 saturated carbocycles. The van der Waals surface area contributed by atoms with E-state index in [-0.39, 0.29) is 19.6 Å². The van der Waals surface area contributed by atoms with Crippen LogP contribution in [0.3, 0.4) is 0 Å². The van der Waals surface area contributed by atoms with Crippen molar-refractivity contribution in [2.75, 3.05) is 24.3 Å². The van der Waals surface area contributed by atoms with Gasteiger partial charge < -0.3 is 14.9 Å². The smallest absolute Gasteiger partial charge is 0.414 e. The fourth-order valence-corrected chi connectivity index (χ4v) is 3.69. The summed E-state index contributed by atoms with van der Waals surface area (Å²) >= 11 is 0. The van der Waals surface area contributed by atoms with Crippen molar-refractivity contribution in [2.45, 2.75) is 43.5 Å². The first-order chi connectivity index (χ1) is 13.6. The van der Waals surface area contributed by atoms with E-state index in [2.05, 4.69) is 11.8 Å². The average molecular weight is 423 g/mol. The van der Waals surface area contributed by atoms with Crippen LogP contribution in [0.15, 0.2) is 24.3 Å². The summed E-state index contributed by atoms with van der Waals surface area (Å²) < 4.78 is 27.0. The molecule has 1 aromatic rings. The van der Waals surface area contributed by atoms with E-state index in [1.165, 1.54) is 4.90 Å². The van der Waals surface area contributed by atoms with Crippen molar-refractivity contribution in [1.82, 2.24) is 0 Å². The van der Waals surface area contributed by atoms with Crippen molar-refractivity contribution in [3.63, 3.8) is 0 Å². The Morgan fingerprint density at radius 2 is 1.97 bits per heavy atom. The fraction of sp³-hybridized carbons (Fsp3) is 0.500. The molecular weight excluding hydrogens is 398 g/mol. The van der Waals surface area contributed by atoms with Crippen LogP contribution >= 0.6 is 0 Å². The number of carboxylic acids is 1. The molecule has 0 aliphatic carbocycles. The second kappa shape index (κ2) is 9.29. The van der Waals surface area contributed by atoms with Crippen LogP contribution in [0.4, 0.5) is 10.5 Å². The molecule has 29 heavy (non-hydrogen) atoms. The fourth-order valence-electron chi connectivity index (χ4n) is 2.88. The number of sulfone groups is 1. The topological polar surface area (TPSA) is 121 Å². The number of anilines is 1. The van der Waals surface area contributed by atoms with E-state index >= 15 is 0 Å². The van der Waals surface area contributed by atoms with Crippen LogP contribution in [-0.4, -0.2) is 61.0 Å². The molecule has 1 aromatic carbocycles. The molecule has 2 atom stereocenters. The van der Waals surface area contributed by atoms with Gasteiger partial charge >= 0.3 is 12.1 Å². The van der Waals surface area contributed by atoms with Gasteiger partial charge in [0.15, 0.2) is 14.6 Å². The van der Waals surface area contributed by atoms with Crippen LogP contribution in [0.1, 0.15) is 38.2 Å². The lowest BCUT2D eigenvalue weighted by molar-refractivity contribution is -0.140. The van der Waals surface area contributed by atoms with E-state index in [0.29, 0.717) is 18.5 Å². The molecule has 1 saturated heterocycles. The highest BCUT2D eigenvalue weighted by Crippen LogP contribution is 2.30. The van der Waals surface area contributed by atoms with Gasteiger partial charge in [0, 0.05) is 37.0 Å². The minimum Gasteiger partial charge on any atom is -0.480 e. The molecule has 2 N–H and O–H groups in total. The van der Waals surface area contributed by atoms with E-state index in [9.17, 15) is 23.1 Å². The predicted octanol–water partition coefficient (Wildman–Crippen LogP) is 1.80. The zero-order valence-electron chi connectivity index (χ0n) is 16.4. The Kier molecular flexibility index (Phi) is 7.27. The third-order valence-electron chi connectivity index (χ3n) is 4.88. The maximum atomic E-state index is 12.2. The van der Waals surface area contributed by atoms with Crippen LogP contribution in [-0.2, 0) is 19.4 Å². The van der Waals surface area contributed by atoms with Gasteiger partial charge in [-0.05, 0) is 44.0 Å². The van der Waals surface area contributed by atoms with Crippen LogP contribution in [0.25, 0.3) is 0 Å². The quantitative estimate of drug-likeness (QED) is 0.483. The number of aliphatic carboxylic acids is 1. The summed E-state index contributed by atoms with van der Waals surface area (Å²) in [4.78, 5) is 25.1. The molecule has 1 aliphatic rings. The number of carbonyl (C=O) groups is 2. The zero-order chi connectivity index (χ0) is 21.7. The van der Waals surface area contributed by atoms with Gasteiger partial charge in [0.2, 0.25) is 0 Å². The van der Waals surface area contributed by atoms with Crippen LogP contribution < -0.4 is 4.90 Å². The van der Waals surface area contributed by atoms with Gasteiger partial charge in [-0.1, -0.05) is 11.8 Å². The summed E-state index contributed by atoms with van der Waals surface area (Å²) in [5.41, 5.74) is 1.33. The van der Waals surface area contributed by atoms with Crippen LogP contribution in [0.5, 0.6) is 0 Å². The maximum absolute atomic E-state index is 12.2. The summed E-state index contributed by atoms with van der Waals surface area (Å²) in [6.45, 7) is 1.33. The Hall–Kier alpha value is -2.57. The number of unbranched alkanes of at least 4 members (excludes halogenated alkanes) is 2. The number of amides is 1. The molecule has 1 amide bonds. The van der Waals surface area contributed by atoms with Crippen molar-refractivity contribution in [1.29, 1.82) is 0 Å². The number of benzene rings is 1. The Labute approximate surface area is 170 Å². The highest BCUT2D eigenvalue weighted by molar-refractivity contribution is 7.92. The monoisotopic (exact) mass is 423 g/mol. The molecule has 1 aliphatic heterocycles. The van der Waals surface area contributed by atoms with Gasteiger partial charge in [0.05, 0.1) is 6.54 Å². The van der Waals surface area contributed by atoms with Crippen molar-refractivity contribution in [3.05, 3.63) is 29.8 Å². The summed E-state index contributed by atoms with van der Waals surface area (Å²) in [5.74, 6) is 4.54. The molecule has 0 radical (unpaired) electrons. The lowest BCUT2D eigenvalue weighted by Gasteiger charge is -2.24. The molecule has 0 spiro atoms. The maximum Gasteiger partial charge on any atom is 0.414 e. The number of rotatable bonds is 8. The van der Waals surface area contributed by atoms with Gasteiger partial charge in [-0.2, -0.15) is 0 Å². The number of carbonyl (C=O) groups excluding carboxylic acids is 1. The molecule has 2 rings (SSSR count). The Bertz CT molecular complexity index is 914. The van der Waals surface area contributed by atoms with Gasteiger partial charge in [0.25, 0.3) is 0 Å². The number of cyclic esters (lactones) is 1. The summed E-state index contributed by atoms with van der Waals surface area (Å²) in [6.07, 6.45) is 1.24. The van der Waals surface area contributed by atoms with Crippen LogP contribution in [0.2, 0.25) is 0 Å². The largest absolute Gasteiger partial charge is 0.480 e. The first-order valence-corrected chi connectivity index (χ1v) is 11.1. The molecule has 8 nitrogen and oxygen atoms in total. The lowest BCUT2D eigenvalue weighted by atomic mass is 10.0. The molecular formula is C20H25NO7S. The number of hydrogen-bond donors (Lipinski definition) is 2. The Balaban J connectivity index is 2.06. The van der Waals surface area contributed by atoms with Gasteiger partial charge in [-0.25, -0.2) is 13.2 Å². The van der Waals surface area contributed by atoms with Crippen molar-refractivity contribution < 1.29 is 33.0 Å². The minimum atomic E-state index is -3.91. The van der Waals surface area contributed by atoms with E-state index in [0.717, 1.165) is 25.2 Å². The molecule has 9 heteroatoms. The molecule has 0 aromatic heterocycles. The third-order valence-corrected chi connectivity index (χ3v) is 6.86. The van der Waals surface area contributed by atoms with Gasteiger partial charge in [-0.3, -0.25) is 9.69 Å².